The minimum Gasteiger partial charge on any atom is -0.339 e. The van der Waals surface area contributed by atoms with E-state index in [1.807, 2.05) is 32.9 Å². The number of rotatable bonds is 3. The zero-order chi connectivity index (χ0) is 11.4. The summed E-state index contributed by atoms with van der Waals surface area (Å²) in [6.07, 6.45) is 0. The van der Waals surface area contributed by atoms with E-state index >= 15 is 0 Å². The number of hydrogen-bond acceptors (Lipinski definition) is 1. The molecule has 1 rings (SSSR count). The van der Waals surface area contributed by atoms with Crippen LogP contribution in [0.3, 0.4) is 0 Å². The van der Waals surface area contributed by atoms with Gasteiger partial charge in [0.2, 0.25) is 0 Å². The fraction of sp³-hybridized carbons (Fsp3) is 0.417. The van der Waals surface area contributed by atoms with Crippen LogP contribution in [0.5, 0.6) is 0 Å². The Balaban J connectivity index is 3.04. The topological polar surface area (TPSA) is 20.3 Å². The highest BCUT2D eigenvalue weighted by Gasteiger charge is 2.15. The van der Waals surface area contributed by atoms with Crippen molar-refractivity contribution in [3.63, 3.8) is 0 Å². The van der Waals surface area contributed by atoms with Gasteiger partial charge < -0.3 is 4.90 Å². The maximum absolute atomic E-state index is 12.0. The Morgan fingerprint density at radius 3 is 2.47 bits per heavy atom. The van der Waals surface area contributed by atoms with Crippen LogP contribution in [-0.2, 0) is 0 Å². The summed E-state index contributed by atoms with van der Waals surface area (Å²) in [7, 11) is 0. The lowest BCUT2D eigenvalue weighted by atomic mass is 10.1. The number of hydrogen-bond donors (Lipinski definition) is 0. The van der Waals surface area contributed by atoms with Crippen LogP contribution in [0.25, 0.3) is 0 Å². The van der Waals surface area contributed by atoms with Crippen LogP contribution >= 0.6 is 11.6 Å². The quantitative estimate of drug-likeness (QED) is 0.774. The highest BCUT2D eigenvalue weighted by Crippen LogP contribution is 2.19. The van der Waals surface area contributed by atoms with E-state index in [1.165, 1.54) is 0 Å². The second kappa shape index (κ2) is 5.17. The Hall–Kier alpha value is -1.02. The van der Waals surface area contributed by atoms with Gasteiger partial charge in [-0.25, -0.2) is 0 Å². The molecule has 0 bridgehead atoms. The predicted octanol–water partition coefficient (Wildman–Crippen LogP) is 3.13. The van der Waals surface area contributed by atoms with Crippen LogP contribution in [0, 0.1) is 6.92 Å². The van der Waals surface area contributed by atoms with Crippen LogP contribution in [0.4, 0.5) is 0 Å². The molecule has 82 valence electrons. The summed E-state index contributed by atoms with van der Waals surface area (Å²) in [5.41, 5.74) is 1.65. The molecule has 0 N–H and O–H groups in total. The zero-order valence-electron chi connectivity index (χ0n) is 9.38. The number of nitrogens with zero attached hydrogens (tertiary/aromatic N) is 1. The highest BCUT2D eigenvalue weighted by molar-refractivity contribution is 6.33. The Morgan fingerprint density at radius 1 is 1.33 bits per heavy atom. The molecule has 1 aromatic rings. The number of benzene rings is 1. The molecule has 0 radical (unpaired) electrons. The number of carbonyl (C=O) groups excluding carboxylic acids is 1. The van der Waals surface area contributed by atoms with Crippen molar-refractivity contribution in [1.29, 1.82) is 0 Å². The van der Waals surface area contributed by atoms with Gasteiger partial charge >= 0.3 is 0 Å². The fourth-order valence-electron chi connectivity index (χ4n) is 1.48. The highest BCUT2D eigenvalue weighted by atomic mass is 35.5. The molecule has 1 amide bonds. The predicted molar refractivity (Wildman–Crippen MR) is 63.4 cm³/mol. The molecule has 0 heterocycles. The third kappa shape index (κ3) is 2.72. The van der Waals surface area contributed by atoms with Crippen LogP contribution in [0.1, 0.15) is 29.8 Å². The smallest absolute Gasteiger partial charge is 0.255 e. The normalized spacial score (nSPS) is 10.1. The Bertz CT molecular complexity index is 359. The lowest BCUT2D eigenvalue weighted by Gasteiger charge is -2.19. The number of aryl methyl sites for hydroxylation is 1. The molecule has 0 atom stereocenters. The lowest BCUT2D eigenvalue weighted by molar-refractivity contribution is 0.0773. The first-order valence-corrected chi connectivity index (χ1v) is 5.53. The van der Waals surface area contributed by atoms with Gasteiger partial charge in [0.1, 0.15) is 0 Å². The molecule has 0 saturated heterocycles. The molecule has 0 unspecified atom stereocenters. The van der Waals surface area contributed by atoms with Crippen LogP contribution < -0.4 is 0 Å². The number of carbonyl (C=O) groups is 1. The van der Waals surface area contributed by atoms with E-state index in [1.54, 1.807) is 11.0 Å². The van der Waals surface area contributed by atoms with Crippen molar-refractivity contribution in [3.8, 4) is 0 Å². The molecule has 0 aliphatic rings. The second-order valence-corrected chi connectivity index (χ2v) is 3.87. The molecule has 1 aromatic carbocycles. The van der Waals surface area contributed by atoms with Crippen LogP contribution in [0.2, 0.25) is 5.02 Å². The van der Waals surface area contributed by atoms with Crippen molar-refractivity contribution in [3.05, 3.63) is 34.3 Å². The second-order valence-electron chi connectivity index (χ2n) is 3.46. The summed E-state index contributed by atoms with van der Waals surface area (Å²) in [6, 6.07) is 5.51. The largest absolute Gasteiger partial charge is 0.339 e. The molecule has 15 heavy (non-hydrogen) atoms. The van der Waals surface area contributed by atoms with E-state index in [-0.39, 0.29) is 5.91 Å². The van der Waals surface area contributed by atoms with E-state index in [2.05, 4.69) is 0 Å². The minimum absolute atomic E-state index is 0.00806. The van der Waals surface area contributed by atoms with E-state index in [4.69, 9.17) is 11.6 Å². The monoisotopic (exact) mass is 225 g/mol. The van der Waals surface area contributed by atoms with Gasteiger partial charge in [-0.1, -0.05) is 23.2 Å². The minimum atomic E-state index is 0.00806. The molecule has 3 heteroatoms. The third-order valence-electron chi connectivity index (χ3n) is 2.40. The summed E-state index contributed by atoms with van der Waals surface area (Å²) >= 11 is 6.00. The molecule has 0 aromatic heterocycles. The van der Waals surface area contributed by atoms with Gasteiger partial charge in [0.05, 0.1) is 10.6 Å². The SMILES string of the molecule is CCN(CC)C(=O)c1cc(C)ccc1Cl. The van der Waals surface area contributed by atoms with Gasteiger partial charge in [0.25, 0.3) is 5.91 Å². The van der Waals surface area contributed by atoms with E-state index < -0.39 is 0 Å². The van der Waals surface area contributed by atoms with Gasteiger partial charge in [-0.15, -0.1) is 0 Å². The first kappa shape index (κ1) is 12.1. The summed E-state index contributed by atoms with van der Waals surface area (Å²) in [5.74, 6) is 0.00806. The van der Waals surface area contributed by atoms with Gasteiger partial charge in [0.15, 0.2) is 0 Å². The van der Waals surface area contributed by atoms with Crippen molar-refractivity contribution in [2.45, 2.75) is 20.8 Å². The number of amides is 1. The third-order valence-corrected chi connectivity index (χ3v) is 2.73. The van der Waals surface area contributed by atoms with Gasteiger partial charge in [-0.3, -0.25) is 4.79 Å². The molecule has 0 saturated carbocycles. The molecular formula is C12H16ClNO. The maximum Gasteiger partial charge on any atom is 0.255 e. The molecular weight excluding hydrogens is 210 g/mol. The Kier molecular flexibility index (Phi) is 4.15. The average molecular weight is 226 g/mol. The Labute approximate surface area is 95.8 Å². The molecule has 0 aliphatic heterocycles. The van der Waals surface area contributed by atoms with Gasteiger partial charge in [0, 0.05) is 13.1 Å². The van der Waals surface area contributed by atoms with Crippen molar-refractivity contribution in [2.75, 3.05) is 13.1 Å². The van der Waals surface area contributed by atoms with Crippen LogP contribution in [0.15, 0.2) is 18.2 Å². The maximum atomic E-state index is 12.0. The summed E-state index contributed by atoms with van der Waals surface area (Å²) in [5, 5.41) is 0.525. The van der Waals surface area contributed by atoms with E-state index in [9.17, 15) is 4.79 Å². The first-order valence-electron chi connectivity index (χ1n) is 5.15. The molecule has 0 aliphatic carbocycles. The van der Waals surface area contributed by atoms with Gasteiger partial charge in [-0.2, -0.15) is 0 Å². The van der Waals surface area contributed by atoms with Crippen molar-refractivity contribution < 1.29 is 4.79 Å². The standard InChI is InChI=1S/C12H16ClNO/c1-4-14(5-2)12(15)10-8-9(3)6-7-11(10)13/h6-8H,4-5H2,1-3H3. The summed E-state index contributed by atoms with van der Waals surface area (Å²) in [4.78, 5) is 13.8. The fourth-order valence-corrected chi connectivity index (χ4v) is 1.68. The van der Waals surface area contributed by atoms with Gasteiger partial charge in [-0.05, 0) is 32.9 Å². The van der Waals surface area contributed by atoms with Crippen molar-refractivity contribution >= 4 is 17.5 Å². The molecule has 0 fully saturated rings. The van der Waals surface area contributed by atoms with Crippen molar-refractivity contribution in [1.82, 2.24) is 4.90 Å². The summed E-state index contributed by atoms with van der Waals surface area (Å²) < 4.78 is 0. The average Bonchev–Trinajstić information content (AvgIpc) is 2.23. The van der Waals surface area contributed by atoms with Crippen LogP contribution in [-0.4, -0.2) is 23.9 Å². The first-order chi connectivity index (χ1) is 7.10. The van der Waals surface area contributed by atoms with Crippen molar-refractivity contribution in [2.24, 2.45) is 0 Å². The Morgan fingerprint density at radius 2 is 1.93 bits per heavy atom. The number of halogens is 1. The molecule has 2 nitrogen and oxygen atoms in total. The van der Waals surface area contributed by atoms with E-state index in [0.29, 0.717) is 23.7 Å². The molecule has 0 spiro atoms. The lowest BCUT2D eigenvalue weighted by Crippen LogP contribution is -2.30. The summed E-state index contributed by atoms with van der Waals surface area (Å²) in [6.45, 7) is 7.30. The zero-order valence-corrected chi connectivity index (χ0v) is 10.1. The van der Waals surface area contributed by atoms with E-state index in [0.717, 1.165) is 5.56 Å².